The zero-order chi connectivity index (χ0) is 19.7. The minimum atomic E-state index is -5.42. The number of benzene rings is 1. The van der Waals surface area contributed by atoms with Crippen molar-refractivity contribution in [1.29, 1.82) is 0 Å². The Morgan fingerprint density at radius 3 is 2.65 bits per heavy atom. The molecule has 26 heavy (non-hydrogen) atoms. The molecule has 1 fully saturated rings. The summed E-state index contributed by atoms with van der Waals surface area (Å²) in [6.45, 7) is 1.07. The zero-order valence-electron chi connectivity index (χ0n) is 13.2. The Balaban J connectivity index is 2.60. The van der Waals surface area contributed by atoms with Gasteiger partial charge in [-0.15, -0.1) is 0 Å². The van der Waals surface area contributed by atoms with E-state index < -0.39 is 46.5 Å². The van der Waals surface area contributed by atoms with E-state index in [1.54, 1.807) is 0 Å². The summed E-state index contributed by atoms with van der Waals surface area (Å²) < 4.78 is 44.9. The monoisotopic (exact) mass is 377 g/mol. The molecule has 142 valence electrons. The number of rotatable bonds is 4. The molecule has 0 unspecified atom stereocenters. The second-order valence-electron chi connectivity index (χ2n) is 5.42. The lowest BCUT2D eigenvalue weighted by Crippen LogP contribution is -2.73. The number of hydrogen-bond acceptors (Lipinski definition) is 6. The molecule has 1 aromatic carbocycles. The lowest BCUT2D eigenvalue weighted by Gasteiger charge is -2.44. The van der Waals surface area contributed by atoms with Crippen molar-refractivity contribution in [3.05, 3.63) is 39.9 Å². The predicted octanol–water partition coefficient (Wildman–Crippen LogP) is 1.38. The Morgan fingerprint density at radius 1 is 1.46 bits per heavy atom. The molecule has 0 radical (unpaired) electrons. The number of nitro groups is 1. The molecule has 1 aliphatic rings. The largest absolute Gasteiger partial charge is 0.466 e. The molecule has 0 aromatic heterocycles. The topological polar surface area (TPSA) is 131 Å². The van der Waals surface area contributed by atoms with Crippen molar-refractivity contribution in [2.24, 2.45) is 5.92 Å². The van der Waals surface area contributed by atoms with Gasteiger partial charge in [-0.25, -0.2) is 4.79 Å². The van der Waals surface area contributed by atoms with Gasteiger partial charge in [0.15, 0.2) is 0 Å². The maximum atomic E-state index is 13.4. The van der Waals surface area contributed by atoms with Crippen LogP contribution in [-0.4, -0.2) is 40.5 Å². The first-order valence-corrected chi connectivity index (χ1v) is 7.30. The molecule has 0 spiro atoms. The molecule has 0 aliphatic carbocycles. The summed E-state index contributed by atoms with van der Waals surface area (Å²) >= 11 is 0. The third-order valence-corrected chi connectivity index (χ3v) is 3.79. The highest BCUT2D eigenvalue weighted by Gasteiger charge is 2.67. The van der Waals surface area contributed by atoms with Gasteiger partial charge in [0.25, 0.3) is 11.4 Å². The number of alkyl halides is 3. The van der Waals surface area contributed by atoms with E-state index >= 15 is 0 Å². The normalized spacial score (nSPS) is 25.8. The van der Waals surface area contributed by atoms with E-state index in [1.807, 2.05) is 0 Å². The second kappa shape index (κ2) is 6.78. The van der Waals surface area contributed by atoms with Crippen LogP contribution < -0.4 is 10.6 Å². The van der Waals surface area contributed by atoms with Crippen LogP contribution in [0.1, 0.15) is 18.5 Å². The molecule has 3 atom stereocenters. The highest BCUT2D eigenvalue weighted by Crippen LogP contribution is 2.43. The van der Waals surface area contributed by atoms with Gasteiger partial charge in [-0.3, -0.25) is 14.9 Å². The predicted molar refractivity (Wildman–Crippen MR) is 78.6 cm³/mol. The van der Waals surface area contributed by atoms with Crippen LogP contribution in [0, 0.1) is 16.0 Å². The van der Waals surface area contributed by atoms with Crippen LogP contribution in [0.4, 0.5) is 23.7 Å². The second-order valence-corrected chi connectivity index (χ2v) is 5.42. The number of esters is 1. The van der Waals surface area contributed by atoms with Crippen molar-refractivity contribution in [1.82, 2.24) is 10.6 Å². The molecule has 9 nitrogen and oxygen atoms in total. The number of non-ortho nitro benzene ring substituents is 1. The lowest BCUT2D eigenvalue weighted by atomic mass is 9.82. The number of carbonyl (C=O) groups excluding carboxylic acids is 2. The van der Waals surface area contributed by atoms with E-state index in [0.29, 0.717) is 0 Å². The number of urea groups is 1. The number of nitro benzene ring substituents is 1. The first-order valence-electron chi connectivity index (χ1n) is 7.30. The van der Waals surface area contributed by atoms with Crippen molar-refractivity contribution in [2.75, 3.05) is 6.61 Å². The number of aliphatic hydroxyl groups is 1. The number of ether oxygens (including phenoxy) is 1. The smallest absolute Gasteiger partial charge is 0.437 e. The van der Waals surface area contributed by atoms with Gasteiger partial charge in [0.05, 0.1) is 17.6 Å². The molecule has 12 heteroatoms. The Labute approximate surface area is 144 Å². The maximum absolute atomic E-state index is 13.4. The molecule has 1 heterocycles. The van der Waals surface area contributed by atoms with E-state index in [4.69, 9.17) is 0 Å². The molecular weight excluding hydrogens is 363 g/mol. The molecule has 0 bridgehead atoms. The number of nitrogens with zero attached hydrogens (tertiary/aromatic N) is 1. The van der Waals surface area contributed by atoms with Gasteiger partial charge in [-0.2, -0.15) is 13.2 Å². The van der Waals surface area contributed by atoms with Crippen LogP contribution >= 0.6 is 0 Å². The Kier molecular flexibility index (Phi) is 5.07. The van der Waals surface area contributed by atoms with Crippen molar-refractivity contribution in [2.45, 2.75) is 24.9 Å². The number of amides is 2. The first-order chi connectivity index (χ1) is 12.0. The average molecular weight is 377 g/mol. The molecule has 1 aliphatic heterocycles. The molecule has 2 amide bonds. The Morgan fingerprint density at radius 2 is 2.12 bits per heavy atom. The van der Waals surface area contributed by atoms with Crippen LogP contribution in [0.25, 0.3) is 0 Å². The Hall–Kier alpha value is -2.89. The number of halogens is 3. The number of nitrogens with one attached hydrogen (secondary N) is 2. The van der Waals surface area contributed by atoms with Crippen LogP contribution in [0.15, 0.2) is 24.3 Å². The van der Waals surface area contributed by atoms with E-state index in [-0.39, 0.29) is 12.2 Å². The fourth-order valence-electron chi connectivity index (χ4n) is 2.65. The third-order valence-electron chi connectivity index (χ3n) is 3.79. The highest BCUT2D eigenvalue weighted by atomic mass is 19.4. The molecule has 0 saturated carbocycles. The van der Waals surface area contributed by atoms with Gasteiger partial charge in [-0.05, 0) is 12.5 Å². The van der Waals surface area contributed by atoms with Gasteiger partial charge in [-0.1, -0.05) is 12.1 Å². The zero-order valence-corrected chi connectivity index (χ0v) is 13.2. The lowest BCUT2D eigenvalue weighted by molar-refractivity contribution is -0.385. The van der Waals surface area contributed by atoms with E-state index in [2.05, 4.69) is 10.1 Å². The van der Waals surface area contributed by atoms with Crippen molar-refractivity contribution in [3.63, 3.8) is 0 Å². The average Bonchev–Trinajstić information content (AvgIpc) is 2.53. The summed E-state index contributed by atoms with van der Waals surface area (Å²) in [5.74, 6) is -3.77. The minimum Gasteiger partial charge on any atom is -0.466 e. The van der Waals surface area contributed by atoms with E-state index in [0.717, 1.165) is 12.1 Å². The quantitative estimate of drug-likeness (QED) is 0.413. The SMILES string of the molecule is CCOC(=O)[C@@H]1[C@H](c2cccc([N+](=O)[O-])c2)NC(=O)N[C@@]1(O)C(F)(F)F. The third kappa shape index (κ3) is 3.40. The Bertz CT molecular complexity index is 741. The fourth-order valence-corrected chi connectivity index (χ4v) is 2.65. The summed E-state index contributed by atoms with van der Waals surface area (Å²) in [5, 5.41) is 24.4. The van der Waals surface area contributed by atoms with Crippen LogP contribution in [0.5, 0.6) is 0 Å². The molecule has 1 saturated heterocycles. The highest BCUT2D eigenvalue weighted by molar-refractivity contribution is 5.83. The van der Waals surface area contributed by atoms with Gasteiger partial charge in [0.1, 0.15) is 5.92 Å². The van der Waals surface area contributed by atoms with Gasteiger partial charge >= 0.3 is 18.2 Å². The molecule has 1 aromatic rings. The summed E-state index contributed by atoms with van der Waals surface area (Å²) in [6.07, 6.45) is -5.42. The van der Waals surface area contributed by atoms with E-state index in [9.17, 15) is 38.0 Å². The van der Waals surface area contributed by atoms with Gasteiger partial charge in [0, 0.05) is 12.1 Å². The molecule has 2 rings (SSSR count). The van der Waals surface area contributed by atoms with Crippen molar-refractivity contribution in [3.8, 4) is 0 Å². The standard InChI is InChI=1S/C14H14F3N3O6/c1-2-26-11(21)9-10(7-4-3-5-8(6-7)20(24)25)18-12(22)19-13(9,23)14(15,16)17/h3-6,9-10,23H,2H2,1H3,(H2,18,19,22)/t9-,10-,13-/m0/s1. The first kappa shape index (κ1) is 19.4. The summed E-state index contributed by atoms with van der Waals surface area (Å²) in [6, 6.07) is 1.24. The number of hydrogen-bond donors (Lipinski definition) is 3. The van der Waals surface area contributed by atoms with Gasteiger partial charge in [0.2, 0.25) is 0 Å². The summed E-state index contributed by atoms with van der Waals surface area (Å²) in [5.41, 5.74) is -4.56. The molecule has 3 N–H and O–H groups in total. The van der Waals surface area contributed by atoms with Gasteiger partial charge < -0.3 is 20.5 Å². The number of carbonyl (C=O) groups is 2. The minimum absolute atomic E-state index is 0.172. The fraction of sp³-hybridized carbons (Fsp3) is 0.429. The van der Waals surface area contributed by atoms with Crippen molar-refractivity contribution < 1.29 is 37.5 Å². The van der Waals surface area contributed by atoms with Crippen LogP contribution in [0.3, 0.4) is 0 Å². The summed E-state index contributed by atoms with van der Waals surface area (Å²) in [7, 11) is 0. The molecular formula is C14H14F3N3O6. The summed E-state index contributed by atoms with van der Waals surface area (Å²) in [4.78, 5) is 33.9. The van der Waals surface area contributed by atoms with E-state index in [1.165, 1.54) is 24.4 Å². The van der Waals surface area contributed by atoms with Crippen molar-refractivity contribution >= 4 is 17.7 Å². The van der Waals surface area contributed by atoms with Crippen LogP contribution in [0.2, 0.25) is 0 Å². The van der Waals surface area contributed by atoms with Crippen LogP contribution in [-0.2, 0) is 9.53 Å². The maximum Gasteiger partial charge on any atom is 0.437 e.